The Morgan fingerprint density at radius 3 is 2.83 bits per heavy atom. The number of carbonyl (C=O) groups is 1. The molecule has 0 aromatic carbocycles. The Morgan fingerprint density at radius 1 is 1.46 bits per heavy atom. The number of carbonyl (C=O) groups excluding carboxylic acids is 1. The summed E-state index contributed by atoms with van der Waals surface area (Å²) >= 11 is 0. The van der Waals surface area contributed by atoms with Crippen LogP contribution in [0.4, 0.5) is 13.2 Å². The third kappa shape index (κ3) is 2.90. The molecule has 9 heteroatoms. The largest absolute Gasteiger partial charge is 0.469 e. The Labute approximate surface area is 136 Å². The molecule has 1 aliphatic heterocycles. The Balaban J connectivity index is 1.81. The van der Waals surface area contributed by atoms with Gasteiger partial charge in [-0.15, -0.1) is 10.2 Å². The molecule has 2 aromatic rings. The molecule has 2 aromatic heterocycles. The molecule has 0 saturated carbocycles. The second kappa shape index (κ2) is 5.95. The Kier molecular flexibility index (Phi) is 4.10. The fourth-order valence-corrected chi connectivity index (χ4v) is 2.96. The quantitative estimate of drug-likeness (QED) is 0.860. The Morgan fingerprint density at radius 2 is 2.21 bits per heavy atom. The van der Waals surface area contributed by atoms with Gasteiger partial charge in [0.2, 0.25) is 0 Å². The van der Waals surface area contributed by atoms with Gasteiger partial charge >= 0.3 is 6.18 Å². The lowest BCUT2D eigenvalue weighted by atomic mass is 9.98. The van der Waals surface area contributed by atoms with Crippen LogP contribution in [0.5, 0.6) is 0 Å². The zero-order valence-electron chi connectivity index (χ0n) is 13.3. The number of alkyl halides is 3. The number of fused-ring (bicyclic) bond motifs is 1. The molecule has 24 heavy (non-hydrogen) atoms. The zero-order valence-corrected chi connectivity index (χ0v) is 13.3. The van der Waals surface area contributed by atoms with E-state index in [0.29, 0.717) is 30.1 Å². The Hall–Kier alpha value is -2.32. The van der Waals surface area contributed by atoms with Crippen molar-refractivity contribution in [1.82, 2.24) is 19.7 Å². The number of hydrogen-bond acceptors (Lipinski definition) is 4. The van der Waals surface area contributed by atoms with Crippen molar-refractivity contribution in [3.8, 4) is 0 Å². The standard InChI is InChI=1S/C15H17F3N4O2/c1-9-10(5-7-24-9)14(23)21(2)8-12-19-20-13-11(15(16,17)18)4-3-6-22(12)13/h5,7,11H,3-4,6,8H2,1-2H3. The first-order valence-electron chi connectivity index (χ1n) is 7.57. The molecule has 0 N–H and O–H groups in total. The predicted octanol–water partition coefficient (Wildman–Crippen LogP) is 2.89. The van der Waals surface area contributed by atoms with E-state index in [0.717, 1.165) is 0 Å². The molecule has 0 bridgehead atoms. The van der Waals surface area contributed by atoms with E-state index >= 15 is 0 Å². The fourth-order valence-electron chi connectivity index (χ4n) is 2.96. The molecule has 0 saturated heterocycles. The molecule has 3 rings (SSSR count). The van der Waals surface area contributed by atoms with Crippen LogP contribution in [0.15, 0.2) is 16.7 Å². The van der Waals surface area contributed by atoms with Crippen LogP contribution in [-0.2, 0) is 13.1 Å². The van der Waals surface area contributed by atoms with Crippen molar-refractivity contribution in [3.63, 3.8) is 0 Å². The van der Waals surface area contributed by atoms with Gasteiger partial charge in [-0.2, -0.15) is 13.2 Å². The molecule has 1 aliphatic rings. The highest BCUT2D eigenvalue weighted by Crippen LogP contribution is 2.40. The van der Waals surface area contributed by atoms with Crippen molar-refractivity contribution in [2.24, 2.45) is 0 Å². The first-order valence-corrected chi connectivity index (χ1v) is 7.57. The van der Waals surface area contributed by atoms with Crippen LogP contribution >= 0.6 is 0 Å². The maximum Gasteiger partial charge on any atom is 0.398 e. The molecule has 3 heterocycles. The molecule has 0 spiro atoms. The van der Waals surface area contributed by atoms with Gasteiger partial charge in [0.1, 0.15) is 17.5 Å². The molecular weight excluding hydrogens is 325 g/mol. The monoisotopic (exact) mass is 342 g/mol. The number of furan rings is 1. The molecule has 1 atom stereocenters. The van der Waals surface area contributed by atoms with Crippen LogP contribution in [0.3, 0.4) is 0 Å². The molecule has 0 fully saturated rings. The van der Waals surface area contributed by atoms with Crippen LogP contribution in [-0.4, -0.2) is 38.8 Å². The lowest BCUT2D eigenvalue weighted by Crippen LogP contribution is -2.31. The van der Waals surface area contributed by atoms with Crippen LogP contribution in [0.2, 0.25) is 0 Å². The number of amides is 1. The maximum atomic E-state index is 13.1. The molecule has 130 valence electrons. The number of aryl methyl sites for hydroxylation is 1. The van der Waals surface area contributed by atoms with Crippen LogP contribution in [0, 0.1) is 6.92 Å². The van der Waals surface area contributed by atoms with Gasteiger partial charge in [-0.3, -0.25) is 4.79 Å². The van der Waals surface area contributed by atoms with Crippen molar-refractivity contribution in [3.05, 3.63) is 35.3 Å². The van der Waals surface area contributed by atoms with E-state index in [2.05, 4.69) is 10.2 Å². The SMILES string of the molecule is Cc1occc1C(=O)N(C)Cc1nnc2n1CCCC2C(F)(F)F. The maximum absolute atomic E-state index is 13.1. The number of hydrogen-bond donors (Lipinski definition) is 0. The second-order valence-corrected chi connectivity index (χ2v) is 5.91. The summed E-state index contributed by atoms with van der Waals surface area (Å²) in [5.41, 5.74) is 0.420. The first-order chi connectivity index (χ1) is 11.3. The third-order valence-electron chi connectivity index (χ3n) is 4.25. The molecule has 0 radical (unpaired) electrons. The summed E-state index contributed by atoms with van der Waals surface area (Å²) in [4.78, 5) is 13.8. The highest BCUT2D eigenvalue weighted by atomic mass is 19.4. The summed E-state index contributed by atoms with van der Waals surface area (Å²) in [7, 11) is 1.57. The summed E-state index contributed by atoms with van der Waals surface area (Å²) in [5.74, 6) is -1.08. The lowest BCUT2D eigenvalue weighted by Gasteiger charge is -2.26. The van der Waals surface area contributed by atoms with Crippen molar-refractivity contribution in [1.29, 1.82) is 0 Å². The normalized spacial score (nSPS) is 17.6. The third-order valence-corrected chi connectivity index (χ3v) is 4.25. The van der Waals surface area contributed by atoms with Gasteiger partial charge < -0.3 is 13.9 Å². The molecule has 1 amide bonds. The Bertz CT molecular complexity index is 750. The summed E-state index contributed by atoms with van der Waals surface area (Å²) in [6.07, 6.45) is -2.49. The molecular formula is C15H17F3N4O2. The number of halogens is 3. The van der Waals surface area contributed by atoms with Crippen LogP contribution in [0.25, 0.3) is 0 Å². The summed E-state index contributed by atoms with van der Waals surface area (Å²) in [6.45, 7) is 2.19. The molecule has 6 nitrogen and oxygen atoms in total. The van der Waals surface area contributed by atoms with Gasteiger partial charge in [-0.05, 0) is 25.8 Å². The van der Waals surface area contributed by atoms with Gasteiger partial charge in [0.25, 0.3) is 5.91 Å². The minimum Gasteiger partial charge on any atom is -0.469 e. The highest BCUT2D eigenvalue weighted by molar-refractivity contribution is 5.94. The van der Waals surface area contributed by atoms with Gasteiger partial charge in [-0.25, -0.2) is 0 Å². The van der Waals surface area contributed by atoms with Gasteiger partial charge in [0.15, 0.2) is 5.82 Å². The summed E-state index contributed by atoms with van der Waals surface area (Å²) in [5, 5.41) is 7.62. The van der Waals surface area contributed by atoms with Gasteiger partial charge in [0.05, 0.1) is 18.4 Å². The number of rotatable bonds is 3. The van der Waals surface area contributed by atoms with Crippen LogP contribution in [0.1, 0.15) is 46.5 Å². The molecule has 1 unspecified atom stereocenters. The van der Waals surface area contributed by atoms with Gasteiger partial charge in [-0.1, -0.05) is 0 Å². The van der Waals surface area contributed by atoms with E-state index in [4.69, 9.17) is 4.42 Å². The van der Waals surface area contributed by atoms with E-state index in [9.17, 15) is 18.0 Å². The number of aromatic nitrogens is 3. The second-order valence-electron chi connectivity index (χ2n) is 5.91. The zero-order chi connectivity index (χ0) is 17.5. The summed E-state index contributed by atoms with van der Waals surface area (Å²) in [6, 6.07) is 1.56. The smallest absolute Gasteiger partial charge is 0.398 e. The average Bonchev–Trinajstić information content (AvgIpc) is 3.12. The number of nitrogens with zero attached hydrogens (tertiary/aromatic N) is 4. The van der Waals surface area contributed by atoms with E-state index in [1.807, 2.05) is 0 Å². The summed E-state index contributed by atoms with van der Waals surface area (Å²) < 4.78 is 45.9. The highest BCUT2D eigenvalue weighted by Gasteiger charge is 2.45. The van der Waals surface area contributed by atoms with Crippen LogP contribution < -0.4 is 0 Å². The van der Waals surface area contributed by atoms with Crippen molar-refractivity contribution < 1.29 is 22.4 Å². The van der Waals surface area contributed by atoms with Crippen molar-refractivity contribution in [2.45, 2.75) is 44.9 Å². The molecule has 0 aliphatic carbocycles. The van der Waals surface area contributed by atoms with Crippen molar-refractivity contribution >= 4 is 5.91 Å². The van der Waals surface area contributed by atoms with E-state index in [1.54, 1.807) is 20.0 Å². The minimum atomic E-state index is -4.34. The van der Waals surface area contributed by atoms with E-state index in [-0.39, 0.29) is 24.7 Å². The topological polar surface area (TPSA) is 64.2 Å². The fraction of sp³-hybridized carbons (Fsp3) is 0.533. The van der Waals surface area contributed by atoms with Crippen molar-refractivity contribution in [2.75, 3.05) is 7.05 Å². The van der Waals surface area contributed by atoms with E-state index < -0.39 is 12.1 Å². The minimum absolute atomic E-state index is 0.0185. The van der Waals surface area contributed by atoms with E-state index in [1.165, 1.54) is 15.7 Å². The average molecular weight is 342 g/mol. The first kappa shape index (κ1) is 16.5. The van der Waals surface area contributed by atoms with Gasteiger partial charge in [0, 0.05) is 13.6 Å². The lowest BCUT2D eigenvalue weighted by molar-refractivity contribution is -0.156. The predicted molar refractivity (Wildman–Crippen MR) is 77.3 cm³/mol.